The fourth-order valence-electron chi connectivity index (χ4n) is 1.88. The molecule has 0 radical (unpaired) electrons. The van der Waals surface area contributed by atoms with Crippen LogP contribution in [0.2, 0.25) is 0 Å². The van der Waals surface area contributed by atoms with Gasteiger partial charge in [0.2, 0.25) is 5.82 Å². The summed E-state index contributed by atoms with van der Waals surface area (Å²) in [5.74, 6) is 1.91. The number of hydrogen-bond donors (Lipinski definition) is 1. The number of nitrogens with one attached hydrogen (secondary N) is 1. The number of ether oxygens (including phenoxy) is 2. The average molecular weight is 275 g/mol. The minimum Gasteiger partial charge on any atom is -0.485 e. The molecule has 106 valence electrons. The second-order valence-corrected chi connectivity index (χ2v) is 5.70. The fourth-order valence-corrected chi connectivity index (χ4v) is 1.88. The highest BCUT2D eigenvalue weighted by Gasteiger charge is 2.27. The molecule has 2 aromatic rings. The van der Waals surface area contributed by atoms with E-state index < -0.39 is 0 Å². The van der Waals surface area contributed by atoms with E-state index in [4.69, 9.17) is 14.0 Å². The van der Waals surface area contributed by atoms with Gasteiger partial charge in [0.05, 0.1) is 0 Å². The van der Waals surface area contributed by atoms with Crippen LogP contribution in [0.1, 0.15) is 32.7 Å². The van der Waals surface area contributed by atoms with Crippen LogP contribution in [0.3, 0.4) is 0 Å². The number of para-hydroxylation sites is 2. The Labute approximate surface area is 117 Å². The third-order valence-corrected chi connectivity index (χ3v) is 2.72. The van der Waals surface area contributed by atoms with E-state index in [-0.39, 0.29) is 11.6 Å². The van der Waals surface area contributed by atoms with Crippen molar-refractivity contribution in [2.75, 3.05) is 11.9 Å². The van der Waals surface area contributed by atoms with Crippen LogP contribution < -0.4 is 14.8 Å². The SMILES string of the molecule is CC(C)(C)Nc1nc(C2COc3ccccc3O2)no1. The number of fused-ring (bicyclic) bond motifs is 1. The van der Waals surface area contributed by atoms with Gasteiger partial charge in [0.1, 0.15) is 6.61 Å². The summed E-state index contributed by atoms with van der Waals surface area (Å²) >= 11 is 0. The zero-order chi connectivity index (χ0) is 14.2. The van der Waals surface area contributed by atoms with Crippen molar-refractivity contribution in [3.8, 4) is 11.5 Å². The molecule has 1 aromatic carbocycles. The van der Waals surface area contributed by atoms with Crippen LogP contribution in [0.15, 0.2) is 28.8 Å². The molecule has 1 atom stereocenters. The number of aromatic nitrogens is 2. The number of anilines is 1. The first-order valence-corrected chi connectivity index (χ1v) is 6.51. The maximum absolute atomic E-state index is 5.82. The Morgan fingerprint density at radius 2 is 1.95 bits per heavy atom. The lowest BCUT2D eigenvalue weighted by Crippen LogP contribution is -2.26. The van der Waals surface area contributed by atoms with Gasteiger partial charge in [0, 0.05) is 5.54 Å². The van der Waals surface area contributed by atoms with E-state index in [0.717, 1.165) is 5.75 Å². The van der Waals surface area contributed by atoms with Gasteiger partial charge >= 0.3 is 6.01 Å². The smallest absolute Gasteiger partial charge is 0.322 e. The van der Waals surface area contributed by atoms with E-state index in [1.54, 1.807) is 0 Å². The van der Waals surface area contributed by atoms with Gasteiger partial charge in [-0.2, -0.15) is 4.98 Å². The van der Waals surface area contributed by atoms with Crippen LogP contribution in [-0.4, -0.2) is 22.3 Å². The lowest BCUT2D eigenvalue weighted by Gasteiger charge is -2.24. The van der Waals surface area contributed by atoms with E-state index in [1.807, 2.05) is 45.0 Å². The second kappa shape index (κ2) is 4.70. The molecule has 6 heteroatoms. The summed E-state index contributed by atoms with van der Waals surface area (Å²) in [6.45, 7) is 6.43. The molecule has 1 N–H and O–H groups in total. The van der Waals surface area contributed by atoms with Gasteiger partial charge in [0.15, 0.2) is 17.6 Å². The van der Waals surface area contributed by atoms with E-state index in [2.05, 4.69) is 15.5 Å². The molecule has 1 unspecified atom stereocenters. The first-order valence-electron chi connectivity index (χ1n) is 6.51. The molecule has 0 bridgehead atoms. The topological polar surface area (TPSA) is 69.4 Å². The van der Waals surface area contributed by atoms with Gasteiger partial charge in [-0.05, 0) is 32.9 Å². The van der Waals surface area contributed by atoms with Crippen molar-refractivity contribution < 1.29 is 14.0 Å². The summed E-state index contributed by atoms with van der Waals surface area (Å²) in [6, 6.07) is 7.91. The van der Waals surface area contributed by atoms with Crippen molar-refractivity contribution in [1.82, 2.24) is 10.1 Å². The Bertz CT molecular complexity index is 604. The van der Waals surface area contributed by atoms with Gasteiger partial charge < -0.3 is 19.3 Å². The summed E-state index contributed by atoms with van der Waals surface area (Å²) in [7, 11) is 0. The van der Waals surface area contributed by atoms with Crippen LogP contribution >= 0.6 is 0 Å². The zero-order valence-corrected chi connectivity index (χ0v) is 11.7. The molecule has 20 heavy (non-hydrogen) atoms. The van der Waals surface area contributed by atoms with Crippen LogP contribution in [0, 0.1) is 0 Å². The van der Waals surface area contributed by atoms with Crippen LogP contribution in [0.25, 0.3) is 0 Å². The Kier molecular flexibility index (Phi) is 3.00. The van der Waals surface area contributed by atoms with Crippen molar-refractivity contribution in [2.24, 2.45) is 0 Å². The summed E-state index contributed by atoms with van der Waals surface area (Å²) in [5, 5.41) is 7.07. The van der Waals surface area contributed by atoms with Gasteiger partial charge in [-0.1, -0.05) is 17.3 Å². The molecule has 0 saturated carbocycles. The molecule has 0 spiro atoms. The average Bonchev–Trinajstić information content (AvgIpc) is 2.84. The molecule has 0 fully saturated rings. The lowest BCUT2D eigenvalue weighted by molar-refractivity contribution is 0.0832. The van der Waals surface area contributed by atoms with Crippen LogP contribution in [-0.2, 0) is 0 Å². The van der Waals surface area contributed by atoms with Crippen molar-refractivity contribution in [1.29, 1.82) is 0 Å². The molecule has 3 rings (SSSR count). The predicted octanol–water partition coefficient (Wildman–Crippen LogP) is 2.79. The molecule has 0 aliphatic carbocycles. The predicted molar refractivity (Wildman–Crippen MR) is 73.0 cm³/mol. The third kappa shape index (κ3) is 2.68. The Morgan fingerprint density at radius 3 is 2.70 bits per heavy atom. The Balaban J connectivity index is 1.75. The van der Waals surface area contributed by atoms with Crippen molar-refractivity contribution in [2.45, 2.75) is 32.4 Å². The molecular formula is C14H17N3O3. The van der Waals surface area contributed by atoms with E-state index in [0.29, 0.717) is 24.2 Å². The first-order chi connectivity index (χ1) is 9.51. The van der Waals surface area contributed by atoms with E-state index >= 15 is 0 Å². The normalized spacial score (nSPS) is 17.9. The minimum absolute atomic E-state index is 0.139. The summed E-state index contributed by atoms with van der Waals surface area (Å²) in [4.78, 5) is 4.30. The van der Waals surface area contributed by atoms with Gasteiger partial charge in [-0.3, -0.25) is 0 Å². The van der Waals surface area contributed by atoms with E-state index in [1.165, 1.54) is 0 Å². The van der Waals surface area contributed by atoms with Gasteiger partial charge in [-0.15, -0.1) is 0 Å². The molecule has 1 aromatic heterocycles. The van der Waals surface area contributed by atoms with Crippen LogP contribution in [0.5, 0.6) is 11.5 Å². The van der Waals surface area contributed by atoms with E-state index in [9.17, 15) is 0 Å². The maximum Gasteiger partial charge on any atom is 0.322 e. The molecule has 1 aliphatic rings. The highest BCUT2D eigenvalue weighted by molar-refractivity contribution is 5.41. The maximum atomic E-state index is 5.82. The number of benzene rings is 1. The highest BCUT2D eigenvalue weighted by Crippen LogP contribution is 2.35. The Hall–Kier alpha value is -2.24. The Morgan fingerprint density at radius 1 is 1.20 bits per heavy atom. The van der Waals surface area contributed by atoms with Crippen molar-refractivity contribution in [3.63, 3.8) is 0 Å². The molecular weight excluding hydrogens is 258 g/mol. The van der Waals surface area contributed by atoms with Crippen molar-refractivity contribution >= 4 is 6.01 Å². The third-order valence-electron chi connectivity index (χ3n) is 2.72. The van der Waals surface area contributed by atoms with Crippen molar-refractivity contribution in [3.05, 3.63) is 30.1 Å². The summed E-state index contributed by atoms with van der Waals surface area (Å²) in [5.41, 5.74) is -0.139. The molecule has 6 nitrogen and oxygen atoms in total. The summed E-state index contributed by atoms with van der Waals surface area (Å²) < 4.78 is 16.6. The first kappa shape index (κ1) is 12.8. The fraction of sp³-hybridized carbons (Fsp3) is 0.429. The minimum atomic E-state index is -0.357. The number of rotatable bonds is 2. The largest absolute Gasteiger partial charge is 0.485 e. The molecule has 2 heterocycles. The quantitative estimate of drug-likeness (QED) is 0.908. The molecule has 0 amide bonds. The summed E-state index contributed by atoms with van der Waals surface area (Å²) in [6.07, 6.45) is -0.357. The standard InChI is InChI=1S/C14H17N3O3/c1-14(2,3)16-13-15-12(17-20-13)11-8-18-9-6-4-5-7-10(9)19-11/h4-7,11H,8H2,1-3H3,(H,15,16,17). The molecule has 1 aliphatic heterocycles. The monoisotopic (exact) mass is 275 g/mol. The second-order valence-electron chi connectivity index (χ2n) is 5.70. The van der Waals surface area contributed by atoms with Crippen LogP contribution in [0.4, 0.5) is 6.01 Å². The lowest BCUT2D eigenvalue weighted by atomic mass is 10.1. The molecule has 0 saturated heterocycles. The van der Waals surface area contributed by atoms with Gasteiger partial charge in [-0.25, -0.2) is 0 Å². The van der Waals surface area contributed by atoms with Gasteiger partial charge in [0.25, 0.3) is 0 Å². The highest BCUT2D eigenvalue weighted by atomic mass is 16.6. The number of hydrogen-bond acceptors (Lipinski definition) is 6. The number of nitrogens with zero attached hydrogens (tertiary/aromatic N) is 2. The zero-order valence-electron chi connectivity index (χ0n) is 11.7.